The van der Waals surface area contributed by atoms with E-state index in [4.69, 9.17) is 9.47 Å². The number of thioether (sulfide) groups is 1. The maximum absolute atomic E-state index is 12.0. The number of hydrogen-bond acceptors (Lipinski definition) is 4. The van der Waals surface area contributed by atoms with E-state index in [2.05, 4.69) is 62.3 Å². The minimum Gasteiger partial charge on any atom is -0.487 e. The largest absolute Gasteiger partial charge is 0.487 e. The summed E-state index contributed by atoms with van der Waals surface area (Å²) in [6, 6.07) is 0. The number of ether oxygens (including phenoxy) is 2. The molecule has 3 nitrogen and oxygen atoms in total. The summed E-state index contributed by atoms with van der Waals surface area (Å²) < 4.78 is 12.6. The van der Waals surface area contributed by atoms with Crippen molar-refractivity contribution in [3.63, 3.8) is 0 Å². The van der Waals surface area contributed by atoms with Crippen molar-refractivity contribution in [2.45, 2.75) is 107 Å². The van der Waals surface area contributed by atoms with Gasteiger partial charge in [-0.25, -0.2) is 4.79 Å². The van der Waals surface area contributed by atoms with Crippen molar-refractivity contribution in [3.8, 4) is 11.5 Å². The predicted octanol–water partition coefficient (Wildman–Crippen LogP) is 8.99. The van der Waals surface area contributed by atoms with Gasteiger partial charge < -0.3 is 9.47 Å². The zero-order valence-corrected chi connectivity index (χ0v) is 24.7. The van der Waals surface area contributed by atoms with Crippen LogP contribution in [0, 0.1) is 49.4 Å². The third-order valence-corrected chi connectivity index (χ3v) is 10.8. The van der Waals surface area contributed by atoms with Gasteiger partial charge in [-0.15, -0.1) is 0 Å². The zero-order valence-electron chi connectivity index (χ0n) is 23.9. The van der Waals surface area contributed by atoms with Crippen LogP contribution in [0.4, 0.5) is 4.79 Å². The Kier molecular flexibility index (Phi) is 6.74. The second-order valence-corrected chi connectivity index (χ2v) is 13.7. The van der Waals surface area contributed by atoms with E-state index < -0.39 is 0 Å². The lowest BCUT2D eigenvalue weighted by atomic mass is 9.63. The number of rotatable bonds is 6. The summed E-state index contributed by atoms with van der Waals surface area (Å²) >= 11 is 1.11. The molecule has 0 bridgehead atoms. The fourth-order valence-electron chi connectivity index (χ4n) is 7.45. The molecule has 0 radical (unpaired) electrons. The van der Waals surface area contributed by atoms with Gasteiger partial charge in [0.15, 0.2) is 0 Å². The van der Waals surface area contributed by atoms with Crippen molar-refractivity contribution in [2.75, 3.05) is 6.26 Å². The first-order chi connectivity index (χ1) is 16.2. The van der Waals surface area contributed by atoms with Gasteiger partial charge in [-0.05, 0) is 118 Å². The molecule has 0 N–H and O–H groups in total. The van der Waals surface area contributed by atoms with E-state index in [9.17, 15) is 4.79 Å². The predicted molar refractivity (Wildman–Crippen MR) is 148 cm³/mol. The number of carbonyl (C=O) groups excluding carboxylic acids is 1. The summed E-state index contributed by atoms with van der Waals surface area (Å²) in [6.07, 6.45) is 7.18. The quantitative estimate of drug-likeness (QED) is 0.289. The van der Waals surface area contributed by atoms with Gasteiger partial charge >= 0.3 is 5.30 Å². The number of carbonyl (C=O) groups is 1. The van der Waals surface area contributed by atoms with Crippen LogP contribution in [0.25, 0.3) is 0 Å². The summed E-state index contributed by atoms with van der Waals surface area (Å²) in [7, 11) is 0. The van der Waals surface area contributed by atoms with Crippen LogP contribution in [0.5, 0.6) is 11.5 Å². The minimum atomic E-state index is -0.261. The van der Waals surface area contributed by atoms with E-state index in [1.54, 1.807) is 17.4 Å². The highest BCUT2D eigenvalue weighted by Crippen LogP contribution is 2.68. The molecular weight excluding hydrogens is 452 g/mol. The fourth-order valence-corrected chi connectivity index (χ4v) is 7.62. The highest BCUT2D eigenvalue weighted by atomic mass is 32.2. The SMILES string of the molecule is CCC(C)(CC1C2=C(C)C2C(C)C1(C)C)CC1(C)CCc2c(C)c(OC(=O)SC)c(C)c(C)c2O1. The summed E-state index contributed by atoms with van der Waals surface area (Å²) in [5, 5.41) is -0.261. The van der Waals surface area contributed by atoms with E-state index in [1.807, 2.05) is 6.92 Å². The lowest BCUT2D eigenvalue weighted by molar-refractivity contribution is 0.000126. The Morgan fingerprint density at radius 1 is 1.14 bits per heavy atom. The molecule has 1 heterocycles. The Morgan fingerprint density at radius 3 is 2.37 bits per heavy atom. The summed E-state index contributed by atoms with van der Waals surface area (Å²) in [5.41, 5.74) is 8.22. The monoisotopic (exact) mass is 498 g/mol. The fraction of sp³-hybridized carbons (Fsp3) is 0.710. The van der Waals surface area contributed by atoms with Crippen LogP contribution < -0.4 is 9.47 Å². The van der Waals surface area contributed by atoms with Gasteiger partial charge in [-0.1, -0.05) is 52.2 Å². The Bertz CT molecular complexity index is 1080. The molecule has 4 rings (SSSR count). The van der Waals surface area contributed by atoms with Crippen LogP contribution in [0.15, 0.2) is 11.1 Å². The summed E-state index contributed by atoms with van der Waals surface area (Å²) in [6.45, 7) is 23.2. The molecule has 4 heteroatoms. The lowest BCUT2D eigenvalue weighted by Crippen LogP contribution is -2.43. The van der Waals surface area contributed by atoms with Crippen LogP contribution >= 0.6 is 11.8 Å². The Morgan fingerprint density at radius 2 is 1.80 bits per heavy atom. The van der Waals surface area contributed by atoms with Gasteiger partial charge in [0.1, 0.15) is 17.1 Å². The lowest BCUT2D eigenvalue weighted by Gasteiger charge is -2.46. The van der Waals surface area contributed by atoms with E-state index in [0.29, 0.717) is 17.1 Å². The maximum atomic E-state index is 12.0. The van der Waals surface area contributed by atoms with Gasteiger partial charge in [-0.3, -0.25) is 0 Å². The van der Waals surface area contributed by atoms with Gasteiger partial charge in [0.2, 0.25) is 0 Å². The zero-order chi connectivity index (χ0) is 26.1. The molecule has 1 saturated carbocycles. The molecule has 1 aromatic carbocycles. The molecule has 0 amide bonds. The molecule has 0 spiro atoms. The topological polar surface area (TPSA) is 35.5 Å². The summed E-state index contributed by atoms with van der Waals surface area (Å²) in [5.74, 6) is 3.94. The molecule has 5 unspecified atom stereocenters. The van der Waals surface area contributed by atoms with Crippen LogP contribution in [0.1, 0.15) is 96.4 Å². The third kappa shape index (κ3) is 4.36. The van der Waals surface area contributed by atoms with Gasteiger partial charge in [0.05, 0.1) is 0 Å². The van der Waals surface area contributed by atoms with E-state index in [1.165, 1.54) is 12.0 Å². The Labute approximate surface area is 217 Å². The van der Waals surface area contributed by atoms with Crippen molar-refractivity contribution < 1.29 is 14.3 Å². The Balaban J connectivity index is 1.59. The molecule has 5 atom stereocenters. The van der Waals surface area contributed by atoms with Crippen molar-refractivity contribution in [2.24, 2.45) is 28.6 Å². The molecule has 35 heavy (non-hydrogen) atoms. The van der Waals surface area contributed by atoms with Crippen LogP contribution in [0.3, 0.4) is 0 Å². The van der Waals surface area contributed by atoms with Crippen molar-refractivity contribution in [1.29, 1.82) is 0 Å². The molecule has 194 valence electrons. The van der Waals surface area contributed by atoms with Crippen molar-refractivity contribution in [1.82, 2.24) is 0 Å². The number of benzene rings is 1. The van der Waals surface area contributed by atoms with Crippen LogP contribution in [-0.2, 0) is 6.42 Å². The maximum Gasteiger partial charge on any atom is 0.372 e. The summed E-state index contributed by atoms with van der Waals surface area (Å²) in [4.78, 5) is 12.0. The molecule has 1 aliphatic heterocycles. The molecule has 3 aliphatic rings. The molecular formula is C31H46O3S. The van der Waals surface area contributed by atoms with Crippen molar-refractivity contribution >= 4 is 17.1 Å². The Hall–Kier alpha value is -1.42. The third-order valence-electron chi connectivity index (χ3n) is 10.4. The number of fused-ring (bicyclic) bond motifs is 2. The molecule has 2 aliphatic carbocycles. The molecule has 1 aromatic rings. The van der Waals surface area contributed by atoms with Crippen LogP contribution in [0.2, 0.25) is 0 Å². The highest BCUT2D eigenvalue weighted by Gasteiger charge is 2.59. The second-order valence-electron chi connectivity index (χ2n) is 12.9. The van der Waals surface area contributed by atoms with Gasteiger partial charge in [0, 0.05) is 11.5 Å². The van der Waals surface area contributed by atoms with Crippen molar-refractivity contribution in [3.05, 3.63) is 33.4 Å². The smallest absolute Gasteiger partial charge is 0.372 e. The standard InChI is InChI=1S/C31H46O3S/c1-12-30(9,15-23-25-20(5)24(25)21(6)29(23,7)8)16-31(10)14-13-22-19(4)26(33-28(32)35-11)17(2)18(3)27(22)34-31/h21,23-24H,12-16H2,1-11H3. The number of allylic oxidation sites excluding steroid dienone is 2. The molecule has 0 saturated heterocycles. The highest BCUT2D eigenvalue weighted by molar-refractivity contribution is 8.12. The first kappa shape index (κ1) is 26.6. The molecule has 1 fully saturated rings. The first-order valence-electron chi connectivity index (χ1n) is 13.5. The van der Waals surface area contributed by atoms with E-state index >= 15 is 0 Å². The average Bonchev–Trinajstić information content (AvgIpc) is 3.41. The van der Waals surface area contributed by atoms with E-state index in [-0.39, 0.29) is 16.3 Å². The van der Waals surface area contributed by atoms with Gasteiger partial charge in [0.25, 0.3) is 0 Å². The minimum absolute atomic E-state index is 0.195. The first-order valence-corrected chi connectivity index (χ1v) is 14.7. The van der Waals surface area contributed by atoms with E-state index in [0.717, 1.165) is 71.7 Å². The van der Waals surface area contributed by atoms with Gasteiger partial charge in [-0.2, -0.15) is 0 Å². The molecule has 0 aromatic heterocycles. The second kappa shape index (κ2) is 8.85. The normalized spacial score (nSPS) is 30.3. The van der Waals surface area contributed by atoms with Crippen LogP contribution in [-0.4, -0.2) is 17.2 Å². The average molecular weight is 499 g/mol. The number of hydrogen-bond donors (Lipinski definition) is 0.